The largest absolute Gasteiger partial charge is 0.508 e. The van der Waals surface area contributed by atoms with Crippen molar-refractivity contribution in [2.75, 3.05) is 13.2 Å². The second-order valence-electron chi connectivity index (χ2n) is 13.5. The maximum atomic E-state index is 13.7. The number of carbonyl (C=O) groups excluding carboxylic acids is 8. The molecule has 0 aromatic heterocycles. The number of rotatable bonds is 23. The van der Waals surface area contributed by atoms with Crippen molar-refractivity contribution in [3.63, 3.8) is 0 Å². The number of carbonyl (C=O) groups is 8. The highest BCUT2D eigenvalue weighted by Crippen LogP contribution is 2.14. The average molecular weight is 749 g/mol. The maximum Gasteiger partial charge on any atom is 0.245 e. The van der Waals surface area contributed by atoms with Gasteiger partial charge in [-0.1, -0.05) is 60.1 Å². The molecule has 296 valence electrons. The first-order valence-electron chi connectivity index (χ1n) is 17.5. The third kappa shape index (κ3) is 15.6. The maximum absolute atomic E-state index is 13.7. The van der Waals surface area contributed by atoms with E-state index in [0.29, 0.717) is 18.3 Å². The van der Waals surface area contributed by atoms with Crippen molar-refractivity contribution in [3.8, 4) is 5.75 Å². The van der Waals surface area contributed by atoms with E-state index in [1.54, 1.807) is 53.7 Å². The summed E-state index contributed by atoms with van der Waals surface area (Å²) in [4.78, 5) is 102. The number of hydrogen-bond acceptors (Lipinski definition) is 11. The average Bonchev–Trinajstić information content (AvgIpc) is 3.11. The number of nitrogens with two attached hydrogens (primary N) is 2. The monoisotopic (exact) mass is 748 g/mol. The van der Waals surface area contributed by atoms with E-state index in [2.05, 4.69) is 31.9 Å². The van der Waals surface area contributed by atoms with Gasteiger partial charge < -0.3 is 58.4 Å². The van der Waals surface area contributed by atoms with Crippen molar-refractivity contribution < 1.29 is 48.6 Å². The van der Waals surface area contributed by atoms with Gasteiger partial charge in [0.25, 0.3) is 0 Å². The first kappa shape index (κ1) is 45.9. The lowest BCUT2D eigenvalue weighted by Gasteiger charge is -2.30. The standard InChI is InChI=1S/C35H56N8O10/c1-7-20(6)30(35(53)42-28(18(2)3)33(51)38-22(16-44)14-21-8-10-23(46)11-9-21)43-31(49)24(12-13-26(37)47)40-34(52)29(19(4)5)41-32(50)25(17-45)39-27(48)15-36/h8-11,16,18-20,22,24-25,28-30,45-46H,7,12-15,17,36H2,1-6H3,(H2,37,47)(H,38,51)(H,39,48)(H,40,52)(H,41,50)(H,42,53)(H,43,49)/t20-,22-,24-,25-,28-,29-,30-/m0/s1. The molecule has 0 saturated heterocycles. The van der Waals surface area contributed by atoms with Crippen molar-refractivity contribution >= 4 is 47.6 Å². The van der Waals surface area contributed by atoms with Gasteiger partial charge in [-0.25, -0.2) is 0 Å². The Morgan fingerprint density at radius 3 is 1.68 bits per heavy atom. The predicted molar refractivity (Wildman–Crippen MR) is 193 cm³/mol. The summed E-state index contributed by atoms with van der Waals surface area (Å²) in [6.07, 6.45) is 0.506. The molecule has 1 aromatic carbocycles. The molecule has 18 heteroatoms. The van der Waals surface area contributed by atoms with Crippen LogP contribution >= 0.6 is 0 Å². The van der Waals surface area contributed by atoms with Crippen molar-refractivity contribution in [2.45, 2.75) is 103 Å². The summed E-state index contributed by atoms with van der Waals surface area (Å²) in [6, 6.07) is -1.25. The van der Waals surface area contributed by atoms with Gasteiger partial charge in [0.05, 0.1) is 19.2 Å². The number of aliphatic hydroxyl groups excluding tert-OH is 1. The summed E-state index contributed by atoms with van der Waals surface area (Å²) in [7, 11) is 0. The van der Waals surface area contributed by atoms with Crippen molar-refractivity contribution in [1.82, 2.24) is 31.9 Å². The summed E-state index contributed by atoms with van der Waals surface area (Å²) in [6.45, 7) is 8.81. The molecule has 0 fully saturated rings. The topological polar surface area (TPSA) is 301 Å². The molecule has 1 aromatic rings. The van der Waals surface area contributed by atoms with Gasteiger partial charge in [0.15, 0.2) is 0 Å². The van der Waals surface area contributed by atoms with Gasteiger partial charge in [-0.3, -0.25) is 33.6 Å². The first-order chi connectivity index (χ1) is 24.9. The minimum absolute atomic E-state index is 0.0415. The van der Waals surface area contributed by atoms with Gasteiger partial charge in [-0.15, -0.1) is 0 Å². The molecular weight excluding hydrogens is 692 g/mol. The number of amides is 7. The summed E-state index contributed by atoms with van der Waals surface area (Å²) in [5, 5.41) is 34.3. The molecule has 12 N–H and O–H groups in total. The van der Waals surface area contributed by atoms with Crippen LogP contribution in [0.25, 0.3) is 0 Å². The van der Waals surface area contributed by atoms with Gasteiger partial charge in [0.1, 0.15) is 42.2 Å². The number of benzene rings is 1. The molecule has 0 aliphatic carbocycles. The summed E-state index contributed by atoms with van der Waals surface area (Å²) < 4.78 is 0. The first-order valence-corrected chi connectivity index (χ1v) is 17.5. The van der Waals surface area contributed by atoms with E-state index < -0.39 is 109 Å². The van der Waals surface area contributed by atoms with Crippen molar-refractivity contribution in [2.24, 2.45) is 29.2 Å². The van der Waals surface area contributed by atoms with Crippen LogP contribution in [-0.2, 0) is 44.8 Å². The van der Waals surface area contributed by atoms with Crippen LogP contribution in [0.4, 0.5) is 0 Å². The molecule has 0 aliphatic rings. The lowest BCUT2D eigenvalue weighted by Crippen LogP contribution is -2.61. The number of primary amides is 1. The third-order valence-electron chi connectivity index (χ3n) is 8.50. The van der Waals surface area contributed by atoms with Crippen LogP contribution in [0, 0.1) is 17.8 Å². The fourth-order valence-electron chi connectivity index (χ4n) is 5.08. The molecule has 53 heavy (non-hydrogen) atoms. The predicted octanol–water partition coefficient (Wildman–Crippen LogP) is -2.38. The number of aldehydes is 1. The second-order valence-corrected chi connectivity index (χ2v) is 13.5. The van der Waals surface area contributed by atoms with E-state index in [4.69, 9.17) is 11.5 Å². The third-order valence-corrected chi connectivity index (χ3v) is 8.50. The van der Waals surface area contributed by atoms with Crippen LogP contribution in [0.5, 0.6) is 5.75 Å². The minimum Gasteiger partial charge on any atom is -0.508 e. The van der Waals surface area contributed by atoms with Crippen LogP contribution in [0.1, 0.15) is 66.4 Å². The molecule has 0 saturated carbocycles. The summed E-state index contributed by atoms with van der Waals surface area (Å²) in [5.41, 5.74) is 11.3. The normalized spacial score (nSPS) is 15.1. The quantitative estimate of drug-likeness (QED) is 0.0527. The molecule has 1 rings (SSSR count). The van der Waals surface area contributed by atoms with Crippen LogP contribution in [0.2, 0.25) is 0 Å². The number of aromatic hydroxyl groups is 1. The van der Waals surface area contributed by atoms with Crippen LogP contribution < -0.4 is 43.4 Å². The van der Waals surface area contributed by atoms with Gasteiger partial charge in [0, 0.05) is 6.42 Å². The number of phenols is 1. The molecular formula is C35H56N8O10. The molecule has 0 spiro atoms. The Hall–Kier alpha value is -5.10. The van der Waals surface area contributed by atoms with Crippen LogP contribution in [0.15, 0.2) is 24.3 Å². The SMILES string of the molecule is CC[C@H](C)[C@H](NC(=O)[C@H](CCC(N)=O)NC(=O)[C@@H](NC(=O)[C@H](CO)NC(=O)CN)C(C)C)C(=O)N[C@H](C(=O)N[C@H](C=O)Cc1ccc(O)cc1)C(C)C. The Kier molecular flexibility index (Phi) is 19.7. The lowest BCUT2D eigenvalue weighted by molar-refractivity contribution is -0.137. The Morgan fingerprint density at radius 1 is 0.717 bits per heavy atom. The Balaban J connectivity index is 3.22. The van der Waals surface area contributed by atoms with Crippen molar-refractivity contribution in [1.29, 1.82) is 0 Å². The molecule has 0 radical (unpaired) electrons. The highest BCUT2D eigenvalue weighted by atomic mass is 16.3. The van der Waals surface area contributed by atoms with Crippen LogP contribution in [0.3, 0.4) is 0 Å². The van der Waals surface area contributed by atoms with E-state index in [0.717, 1.165) is 0 Å². The zero-order valence-corrected chi connectivity index (χ0v) is 31.1. The van der Waals surface area contributed by atoms with E-state index in [-0.39, 0.29) is 25.0 Å². The second kappa shape index (κ2) is 22.8. The smallest absolute Gasteiger partial charge is 0.245 e. The van der Waals surface area contributed by atoms with Gasteiger partial charge in [0.2, 0.25) is 41.4 Å². The highest BCUT2D eigenvalue weighted by Gasteiger charge is 2.35. The molecule has 18 nitrogen and oxygen atoms in total. The van der Waals surface area contributed by atoms with E-state index in [1.807, 2.05) is 0 Å². The number of aliphatic hydroxyl groups is 1. The molecule has 0 unspecified atom stereocenters. The van der Waals surface area contributed by atoms with Gasteiger partial charge >= 0.3 is 0 Å². The number of nitrogens with one attached hydrogen (secondary N) is 6. The van der Waals surface area contributed by atoms with Crippen molar-refractivity contribution in [3.05, 3.63) is 29.8 Å². The Labute approximate surface area is 309 Å². The Morgan fingerprint density at radius 2 is 1.21 bits per heavy atom. The van der Waals surface area contributed by atoms with Crippen LogP contribution in [-0.4, -0.2) is 107 Å². The molecule has 7 atom stereocenters. The summed E-state index contributed by atoms with van der Waals surface area (Å²) in [5.74, 6) is -6.87. The zero-order chi connectivity index (χ0) is 40.4. The fourth-order valence-corrected chi connectivity index (χ4v) is 5.08. The van der Waals surface area contributed by atoms with E-state index in [9.17, 15) is 48.6 Å². The zero-order valence-electron chi connectivity index (χ0n) is 31.1. The van der Waals surface area contributed by atoms with E-state index >= 15 is 0 Å². The molecule has 0 bridgehead atoms. The van der Waals surface area contributed by atoms with Gasteiger partial charge in [-0.05, 0) is 48.3 Å². The lowest BCUT2D eigenvalue weighted by atomic mass is 9.95. The minimum atomic E-state index is -1.41. The molecule has 7 amide bonds. The summed E-state index contributed by atoms with van der Waals surface area (Å²) >= 11 is 0. The number of phenolic OH excluding ortho intramolecular Hbond substituents is 1. The Bertz CT molecular complexity index is 1420. The molecule has 0 aliphatic heterocycles. The van der Waals surface area contributed by atoms with E-state index in [1.165, 1.54) is 12.1 Å². The van der Waals surface area contributed by atoms with Gasteiger partial charge in [-0.2, -0.15) is 0 Å². The fraction of sp³-hybridized carbons (Fsp3) is 0.600. The molecule has 0 heterocycles. The number of hydrogen-bond donors (Lipinski definition) is 10. The highest BCUT2D eigenvalue weighted by molar-refractivity contribution is 5.97.